The quantitative estimate of drug-likeness (QED) is 0.815. The van der Waals surface area contributed by atoms with Gasteiger partial charge >= 0.3 is 0 Å². The molecule has 2 aromatic rings. The first-order valence-corrected chi connectivity index (χ1v) is 6.23. The van der Waals surface area contributed by atoms with Crippen LogP contribution in [0.2, 0.25) is 0 Å². The average molecular weight is 244 g/mol. The van der Waals surface area contributed by atoms with E-state index in [0.717, 1.165) is 18.6 Å². The molecule has 0 N–H and O–H groups in total. The van der Waals surface area contributed by atoms with Crippen molar-refractivity contribution in [2.75, 3.05) is 13.2 Å². The van der Waals surface area contributed by atoms with Crippen LogP contribution in [-0.4, -0.2) is 23.4 Å². The molecule has 0 aliphatic carbocycles. The molecule has 94 valence electrons. The van der Waals surface area contributed by atoms with Crippen LogP contribution in [0.3, 0.4) is 0 Å². The number of benzene rings is 1. The Morgan fingerprint density at radius 3 is 2.78 bits per heavy atom. The fourth-order valence-electron chi connectivity index (χ4n) is 2.12. The van der Waals surface area contributed by atoms with Gasteiger partial charge in [0.15, 0.2) is 0 Å². The molecule has 1 atom stereocenters. The summed E-state index contributed by atoms with van der Waals surface area (Å²) in [5.74, 6) is 1.55. The highest BCUT2D eigenvalue weighted by atomic mass is 16.5. The third kappa shape index (κ3) is 2.04. The zero-order valence-corrected chi connectivity index (χ0v) is 10.6. The number of rotatable bonds is 2. The summed E-state index contributed by atoms with van der Waals surface area (Å²) < 4.78 is 11.1. The predicted octanol–water partition coefficient (Wildman–Crippen LogP) is 2.86. The monoisotopic (exact) mass is 244 g/mol. The third-order valence-corrected chi connectivity index (χ3v) is 3.47. The Morgan fingerprint density at radius 2 is 2.06 bits per heavy atom. The molecule has 0 spiro atoms. The van der Waals surface area contributed by atoms with Crippen molar-refractivity contribution in [3.8, 4) is 11.5 Å². The minimum absolute atomic E-state index is 0.262. The Balaban J connectivity index is 1.89. The van der Waals surface area contributed by atoms with Crippen molar-refractivity contribution >= 4 is 0 Å². The van der Waals surface area contributed by atoms with E-state index in [1.165, 1.54) is 11.1 Å². The van der Waals surface area contributed by atoms with Crippen molar-refractivity contribution in [2.24, 2.45) is 0 Å². The number of nitrogens with zero attached hydrogens (tertiary/aromatic N) is 2. The molecule has 4 heteroatoms. The van der Waals surface area contributed by atoms with Gasteiger partial charge in [0.2, 0.25) is 11.8 Å². The highest BCUT2D eigenvalue weighted by Gasteiger charge is 2.23. The van der Waals surface area contributed by atoms with Gasteiger partial charge < -0.3 is 9.15 Å². The second kappa shape index (κ2) is 4.53. The van der Waals surface area contributed by atoms with E-state index in [0.29, 0.717) is 18.4 Å². The molecule has 1 aliphatic heterocycles. The standard InChI is InChI=1S/C14H16N2O2/c1-9-3-4-11(7-10(9)2)13-15-16-14(18-13)12-5-6-17-8-12/h3-4,7,12H,5-6,8H2,1-2H3/t12-/m0/s1. The summed E-state index contributed by atoms with van der Waals surface area (Å²) in [7, 11) is 0. The Labute approximate surface area is 106 Å². The summed E-state index contributed by atoms with van der Waals surface area (Å²) in [6, 6.07) is 6.18. The van der Waals surface area contributed by atoms with Crippen molar-refractivity contribution in [1.29, 1.82) is 0 Å². The van der Waals surface area contributed by atoms with Gasteiger partial charge in [0.05, 0.1) is 12.5 Å². The number of ether oxygens (including phenoxy) is 1. The molecule has 0 amide bonds. The summed E-state index contributed by atoms with van der Waals surface area (Å²) in [6.45, 7) is 5.65. The first-order chi connectivity index (χ1) is 8.74. The van der Waals surface area contributed by atoms with Crippen LogP contribution in [0.15, 0.2) is 22.6 Å². The third-order valence-electron chi connectivity index (χ3n) is 3.47. The number of aryl methyl sites for hydroxylation is 2. The molecule has 2 heterocycles. The van der Waals surface area contributed by atoms with E-state index in [9.17, 15) is 0 Å². The van der Waals surface area contributed by atoms with E-state index >= 15 is 0 Å². The summed E-state index contributed by atoms with van der Waals surface area (Å²) in [6.07, 6.45) is 0.967. The number of hydrogen-bond donors (Lipinski definition) is 0. The topological polar surface area (TPSA) is 48.2 Å². The van der Waals surface area contributed by atoms with E-state index in [-0.39, 0.29) is 5.92 Å². The van der Waals surface area contributed by atoms with E-state index < -0.39 is 0 Å². The van der Waals surface area contributed by atoms with Gasteiger partial charge in [-0.1, -0.05) is 6.07 Å². The van der Waals surface area contributed by atoms with Crippen LogP contribution in [0, 0.1) is 13.8 Å². The van der Waals surface area contributed by atoms with Gasteiger partial charge in [-0.25, -0.2) is 0 Å². The lowest BCUT2D eigenvalue weighted by Gasteiger charge is -2.02. The van der Waals surface area contributed by atoms with Crippen molar-refractivity contribution in [2.45, 2.75) is 26.2 Å². The smallest absolute Gasteiger partial charge is 0.247 e. The summed E-state index contributed by atoms with van der Waals surface area (Å²) >= 11 is 0. The molecule has 1 aromatic heterocycles. The van der Waals surface area contributed by atoms with Crippen molar-refractivity contribution in [1.82, 2.24) is 10.2 Å². The molecule has 0 saturated carbocycles. The lowest BCUT2D eigenvalue weighted by molar-refractivity contribution is 0.191. The van der Waals surface area contributed by atoms with Gasteiger partial charge in [-0.05, 0) is 43.5 Å². The zero-order chi connectivity index (χ0) is 12.5. The van der Waals surface area contributed by atoms with E-state index in [4.69, 9.17) is 9.15 Å². The van der Waals surface area contributed by atoms with Crippen LogP contribution >= 0.6 is 0 Å². The number of aromatic nitrogens is 2. The maximum atomic E-state index is 5.75. The molecular weight excluding hydrogens is 228 g/mol. The number of hydrogen-bond acceptors (Lipinski definition) is 4. The second-order valence-corrected chi connectivity index (χ2v) is 4.81. The fourth-order valence-corrected chi connectivity index (χ4v) is 2.12. The summed E-state index contributed by atoms with van der Waals surface area (Å²) in [5, 5.41) is 8.26. The molecule has 18 heavy (non-hydrogen) atoms. The lowest BCUT2D eigenvalue weighted by Crippen LogP contribution is -1.97. The molecule has 0 unspecified atom stereocenters. The molecule has 0 bridgehead atoms. The Kier molecular flexibility index (Phi) is 2.88. The van der Waals surface area contributed by atoms with Crippen LogP contribution in [0.25, 0.3) is 11.5 Å². The maximum absolute atomic E-state index is 5.75. The van der Waals surface area contributed by atoms with Crippen LogP contribution in [0.5, 0.6) is 0 Å². The van der Waals surface area contributed by atoms with Crippen LogP contribution in [0.1, 0.15) is 29.4 Å². The minimum atomic E-state index is 0.262. The van der Waals surface area contributed by atoms with Crippen LogP contribution < -0.4 is 0 Å². The Hall–Kier alpha value is -1.68. The van der Waals surface area contributed by atoms with E-state index in [1.807, 2.05) is 6.07 Å². The predicted molar refractivity (Wildman–Crippen MR) is 67.4 cm³/mol. The second-order valence-electron chi connectivity index (χ2n) is 4.81. The molecule has 3 rings (SSSR count). The normalized spacial score (nSPS) is 19.3. The first-order valence-electron chi connectivity index (χ1n) is 6.23. The van der Waals surface area contributed by atoms with Crippen molar-refractivity contribution in [3.05, 3.63) is 35.2 Å². The van der Waals surface area contributed by atoms with E-state index in [2.05, 4.69) is 36.2 Å². The van der Waals surface area contributed by atoms with Gasteiger partial charge in [0.25, 0.3) is 0 Å². The summed E-state index contributed by atoms with van der Waals surface area (Å²) in [4.78, 5) is 0. The zero-order valence-electron chi connectivity index (χ0n) is 10.6. The van der Waals surface area contributed by atoms with Gasteiger partial charge in [-0.2, -0.15) is 0 Å². The Bertz CT molecular complexity index is 557. The maximum Gasteiger partial charge on any atom is 0.247 e. The molecule has 1 saturated heterocycles. The summed E-state index contributed by atoms with van der Waals surface area (Å²) in [5.41, 5.74) is 3.48. The largest absolute Gasteiger partial charge is 0.420 e. The fraction of sp³-hybridized carbons (Fsp3) is 0.429. The van der Waals surface area contributed by atoms with Gasteiger partial charge in [0.1, 0.15) is 0 Å². The molecule has 1 fully saturated rings. The SMILES string of the molecule is Cc1ccc(-c2nnc([C@H]3CCOC3)o2)cc1C. The van der Waals surface area contributed by atoms with Gasteiger partial charge in [-0.3, -0.25) is 0 Å². The Morgan fingerprint density at radius 1 is 1.17 bits per heavy atom. The molecule has 4 nitrogen and oxygen atoms in total. The van der Waals surface area contributed by atoms with Gasteiger partial charge in [-0.15, -0.1) is 10.2 Å². The van der Waals surface area contributed by atoms with Crippen LogP contribution in [-0.2, 0) is 4.74 Å². The molecule has 1 aliphatic rings. The average Bonchev–Trinajstić information content (AvgIpc) is 3.01. The first kappa shape index (κ1) is 11.4. The molecule has 1 aromatic carbocycles. The minimum Gasteiger partial charge on any atom is -0.420 e. The molecule has 0 radical (unpaired) electrons. The van der Waals surface area contributed by atoms with Crippen LogP contribution in [0.4, 0.5) is 0 Å². The highest BCUT2D eigenvalue weighted by Crippen LogP contribution is 2.27. The molecular formula is C14H16N2O2. The van der Waals surface area contributed by atoms with Crippen molar-refractivity contribution < 1.29 is 9.15 Å². The van der Waals surface area contributed by atoms with Crippen molar-refractivity contribution in [3.63, 3.8) is 0 Å². The lowest BCUT2D eigenvalue weighted by atomic mass is 10.1. The van der Waals surface area contributed by atoms with Gasteiger partial charge in [0, 0.05) is 12.2 Å². The highest BCUT2D eigenvalue weighted by molar-refractivity contribution is 5.55. The van der Waals surface area contributed by atoms with E-state index in [1.54, 1.807) is 0 Å².